The predicted molar refractivity (Wildman–Crippen MR) is 96.5 cm³/mol. The van der Waals surface area contributed by atoms with E-state index in [1.807, 2.05) is 0 Å². The zero-order valence-electron chi connectivity index (χ0n) is 12.9. The van der Waals surface area contributed by atoms with Crippen molar-refractivity contribution in [1.82, 2.24) is 9.97 Å². The summed E-state index contributed by atoms with van der Waals surface area (Å²) >= 11 is 3.38. The van der Waals surface area contributed by atoms with Crippen LogP contribution in [0.25, 0.3) is 0 Å². The van der Waals surface area contributed by atoms with Gasteiger partial charge in [-0.25, -0.2) is 9.97 Å². The van der Waals surface area contributed by atoms with E-state index in [1.165, 1.54) is 0 Å². The van der Waals surface area contributed by atoms with E-state index in [4.69, 9.17) is 9.97 Å². The lowest BCUT2D eigenvalue weighted by Crippen LogP contribution is -2.47. The molecule has 0 aliphatic carbocycles. The lowest BCUT2D eigenvalue weighted by atomic mass is 10.3. The van der Waals surface area contributed by atoms with Crippen molar-refractivity contribution in [2.24, 2.45) is 0 Å². The Balaban J connectivity index is 1.66. The van der Waals surface area contributed by atoms with Crippen molar-refractivity contribution < 1.29 is 0 Å². The number of thioether (sulfide) groups is 2. The Morgan fingerprint density at radius 1 is 0.727 bits per heavy atom. The maximum atomic E-state index is 4.69. The van der Waals surface area contributed by atoms with Gasteiger partial charge in [0.05, 0.1) is 10.1 Å². The van der Waals surface area contributed by atoms with Crippen molar-refractivity contribution in [3.8, 4) is 0 Å². The van der Waals surface area contributed by atoms with Crippen molar-refractivity contribution in [2.45, 2.75) is 10.1 Å². The van der Waals surface area contributed by atoms with Crippen LogP contribution in [0.4, 0.5) is 11.6 Å². The molecule has 0 amide bonds. The molecule has 0 aromatic carbocycles. The Morgan fingerprint density at radius 3 is 1.50 bits per heavy atom. The van der Waals surface area contributed by atoms with Crippen molar-refractivity contribution in [3.63, 3.8) is 0 Å². The second-order valence-corrected chi connectivity index (χ2v) is 6.70. The maximum absolute atomic E-state index is 4.69. The van der Waals surface area contributed by atoms with Gasteiger partial charge >= 0.3 is 0 Å². The fraction of sp³-hybridized carbons (Fsp3) is 0.375. The molecule has 0 atom stereocenters. The standard InChI is InChI=1S/C16H20N4S2/c1-21-15-7-3-5-13(17-15)19-9-11-20(12-10-19)14-6-4-8-16(18-14)22-2/h3-8H,9-12H2,1-2H3. The van der Waals surface area contributed by atoms with E-state index in [0.29, 0.717) is 0 Å². The van der Waals surface area contributed by atoms with Crippen LogP contribution in [0.5, 0.6) is 0 Å². The quantitative estimate of drug-likeness (QED) is 0.799. The summed E-state index contributed by atoms with van der Waals surface area (Å²) in [6, 6.07) is 12.5. The van der Waals surface area contributed by atoms with E-state index in [0.717, 1.165) is 47.9 Å². The van der Waals surface area contributed by atoms with Crippen LogP contribution >= 0.6 is 23.5 Å². The summed E-state index contributed by atoms with van der Waals surface area (Å²) in [5.74, 6) is 2.16. The Kier molecular flexibility index (Phi) is 5.10. The van der Waals surface area contributed by atoms with Crippen LogP contribution < -0.4 is 9.80 Å². The Bertz CT molecular complexity index is 572. The molecule has 0 bridgehead atoms. The first-order valence-corrected chi connectivity index (χ1v) is 9.77. The third-order valence-corrected chi connectivity index (χ3v) is 5.05. The summed E-state index contributed by atoms with van der Waals surface area (Å²) in [4.78, 5) is 14.1. The van der Waals surface area contributed by atoms with E-state index in [-0.39, 0.29) is 0 Å². The van der Waals surface area contributed by atoms with Gasteiger partial charge in [0.25, 0.3) is 0 Å². The molecule has 1 aliphatic rings. The molecule has 1 saturated heterocycles. The van der Waals surface area contributed by atoms with Crippen LogP contribution in [-0.4, -0.2) is 48.7 Å². The van der Waals surface area contributed by atoms with Crippen LogP contribution in [0.2, 0.25) is 0 Å². The highest BCUT2D eigenvalue weighted by Gasteiger charge is 2.19. The lowest BCUT2D eigenvalue weighted by Gasteiger charge is -2.36. The Morgan fingerprint density at radius 2 is 1.14 bits per heavy atom. The molecule has 1 aliphatic heterocycles. The monoisotopic (exact) mass is 332 g/mol. The van der Waals surface area contributed by atoms with Gasteiger partial charge < -0.3 is 9.80 Å². The van der Waals surface area contributed by atoms with Gasteiger partial charge in [-0.1, -0.05) is 12.1 Å². The number of hydrogen-bond donors (Lipinski definition) is 0. The van der Waals surface area contributed by atoms with Gasteiger partial charge in [-0.05, 0) is 36.8 Å². The molecule has 4 nitrogen and oxygen atoms in total. The van der Waals surface area contributed by atoms with Crippen LogP contribution in [0.15, 0.2) is 46.5 Å². The summed E-state index contributed by atoms with van der Waals surface area (Å²) < 4.78 is 0. The SMILES string of the molecule is CSc1cccc(N2CCN(c3cccc(SC)n3)CC2)n1. The zero-order valence-corrected chi connectivity index (χ0v) is 14.5. The topological polar surface area (TPSA) is 32.3 Å². The van der Waals surface area contributed by atoms with E-state index in [2.05, 4.69) is 58.7 Å². The van der Waals surface area contributed by atoms with Crippen molar-refractivity contribution in [2.75, 3.05) is 48.5 Å². The van der Waals surface area contributed by atoms with E-state index < -0.39 is 0 Å². The van der Waals surface area contributed by atoms with Gasteiger partial charge in [-0.2, -0.15) is 0 Å². The second kappa shape index (κ2) is 7.24. The molecular formula is C16H20N4S2. The third-order valence-electron chi connectivity index (χ3n) is 3.76. The first kappa shape index (κ1) is 15.5. The second-order valence-electron chi connectivity index (χ2n) is 5.05. The summed E-state index contributed by atoms with van der Waals surface area (Å²) in [6.45, 7) is 3.93. The highest BCUT2D eigenvalue weighted by molar-refractivity contribution is 7.98. The minimum absolute atomic E-state index is 0.982. The average molecular weight is 332 g/mol. The lowest BCUT2D eigenvalue weighted by molar-refractivity contribution is 0.638. The number of piperazine rings is 1. The molecule has 0 N–H and O–H groups in total. The molecule has 2 aromatic heterocycles. The molecule has 3 heterocycles. The van der Waals surface area contributed by atoms with Gasteiger partial charge in [0.2, 0.25) is 0 Å². The molecule has 0 unspecified atom stereocenters. The molecule has 3 rings (SSSR count). The minimum atomic E-state index is 0.982. The van der Waals surface area contributed by atoms with Crippen LogP contribution in [0.1, 0.15) is 0 Å². The first-order valence-electron chi connectivity index (χ1n) is 7.32. The van der Waals surface area contributed by atoms with E-state index >= 15 is 0 Å². The van der Waals surface area contributed by atoms with Gasteiger partial charge in [0.15, 0.2) is 0 Å². The molecule has 1 fully saturated rings. The Hall–Kier alpha value is -1.40. The summed E-state index contributed by atoms with van der Waals surface area (Å²) in [5.41, 5.74) is 0. The van der Waals surface area contributed by atoms with E-state index in [1.54, 1.807) is 23.5 Å². The number of aromatic nitrogens is 2. The third kappa shape index (κ3) is 3.50. The number of hydrogen-bond acceptors (Lipinski definition) is 6. The highest BCUT2D eigenvalue weighted by Crippen LogP contribution is 2.22. The minimum Gasteiger partial charge on any atom is -0.353 e. The van der Waals surface area contributed by atoms with Gasteiger partial charge in [-0.3, -0.25) is 0 Å². The van der Waals surface area contributed by atoms with Crippen molar-refractivity contribution in [1.29, 1.82) is 0 Å². The summed E-state index contributed by atoms with van der Waals surface area (Å²) in [5, 5.41) is 2.16. The van der Waals surface area contributed by atoms with Crippen LogP contribution in [-0.2, 0) is 0 Å². The fourth-order valence-corrected chi connectivity index (χ4v) is 3.35. The molecule has 22 heavy (non-hydrogen) atoms. The fourth-order valence-electron chi connectivity index (χ4n) is 2.55. The van der Waals surface area contributed by atoms with Crippen LogP contribution in [0.3, 0.4) is 0 Å². The number of pyridine rings is 2. The van der Waals surface area contributed by atoms with Gasteiger partial charge in [0, 0.05) is 26.2 Å². The van der Waals surface area contributed by atoms with Crippen LogP contribution in [0, 0.1) is 0 Å². The molecule has 2 aromatic rings. The number of anilines is 2. The normalized spacial score (nSPS) is 15.2. The molecule has 0 saturated carbocycles. The van der Waals surface area contributed by atoms with E-state index in [9.17, 15) is 0 Å². The molecular weight excluding hydrogens is 312 g/mol. The van der Waals surface area contributed by atoms with Gasteiger partial charge in [0.1, 0.15) is 11.6 Å². The smallest absolute Gasteiger partial charge is 0.129 e. The Labute approximate surface area is 140 Å². The van der Waals surface area contributed by atoms with Crippen molar-refractivity contribution >= 4 is 35.2 Å². The number of rotatable bonds is 4. The maximum Gasteiger partial charge on any atom is 0.129 e. The molecule has 0 radical (unpaired) electrons. The first-order chi connectivity index (χ1) is 10.8. The molecule has 116 valence electrons. The number of nitrogens with zero attached hydrogens (tertiary/aromatic N) is 4. The average Bonchev–Trinajstić information content (AvgIpc) is 2.62. The van der Waals surface area contributed by atoms with Crippen molar-refractivity contribution in [3.05, 3.63) is 36.4 Å². The molecule has 6 heteroatoms. The summed E-state index contributed by atoms with van der Waals surface area (Å²) in [7, 11) is 0. The molecule has 0 spiro atoms. The predicted octanol–water partition coefficient (Wildman–Crippen LogP) is 3.25. The largest absolute Gasteiger partial charge is 0.353 e. The summed E-state index contributed by atoms with van der Waals surface area (Å²) in [6.07, 6.45) is 4.13. The zero-order chi connectivity index (χ0) is 15.4. The van der Waals surface area contributed by atoms with Gasteiger partial charge in [-0.15, -0.1) is 23.5 Å². The highest BCUT2D eigenvalue weighted by atomic mass is 32.2.